The highest BCUT2D eigenvalue weighted by molar-refractivity contribution is 5.69. The van der Waals surface area contributed by atoms with Crippen molar-refractivity contribution in [2.45, 2.75) is 84.5 Å². The highest BCUT2D eigenvalue weighted by Crippen LogP contribution is 2.25. The van der Waals surface area contributed by atoms with Gasteiger partial charge in [0.25, 0.3) is 0 Å². The Morgan fingerprint density at radius 3 is 1.61 bits per heavy atom. The van der Waals surface area contributed by atoms with Crippen molar-refractivity contribution in [2.24, 2.45) is 0 Å². The number of hydrogen-bond donors (Lipinski definition) is 0. The molecule has 3 rings (SSSR count). The van der Waals surface area contributed by atoms with E-state index in [1.807, 2.05) is 0 Å². The standard InChI is InChI=1S/C30H39N/c1-3-5-7-8-9-11-13-26-16-23-30(31-24-26)29-21-19-28(20-22-29)27-17-14-25(15-18-27)12-10-6-4-2/h14-24H,3-13H2,1-2H3. The second-order valence-electron chi connectivity index (χ2n) is 8.80. The summed E-state index contributed by atoms with van der Waals surface area (Å²) in [4.78, 5) is 4.73. The van der Waals surface area contributed by atoms with Crippen molar-refractivity contribution in [3.63, 3.8) is 0 Å². The van der Waals surface area contributed by atoms with Gasteiger partial charge in [-0.3, -0.25) is 4.98 Å². The van der Waals surface area contributed by atoms with Crippen LogP contribution in [-0.2, 0) is 12.8 Å². The molecule has 0 saturated carbocycles. The molecule has 0 saturated heterocycles. The molecule has 0 bridgehead atoms. The molecule has 1 aromatic heterocycles. The van der Waals surface area contributed by atoms with Crippen LogP contribution in [0.3, 0.4) is 0 Å². The monoisotopic (exact) mass is 413 g/mol. The van der Waals surface area contributed by atoms with E-state index in [1.165, 1.54) is 92.0 Å². The number of unbranched alkanes of at least 4 members (excludes halogenated alkanes) is 7. The maximum Gasteiger partial charge on any atom is 0.0702 e. The summed E-state index contributed by atoms with van der Waals surface area (Å²) in [7, 11) is 0. The molecule has 0 N–H and O–H groups in total. The average Bonchev–Trinajstić information content (AvgIpc) is 2.82. The maximum atomic E-state index is 4.73. The fraction of sp³-hybridized carbons (Fsp3) is 0.433. The molecule has 0 fully saturated rings. The van der Waals surface area contributed by atoms with Crippen LogP contribution in [-0.4, -0.2) is 4.98 Å². The summed E-state index contributed by atoms with van der Waals surface area (Å²) in [6.07, 6.45) is 16.3. The molecule has 1 heteroatoms. The first-order chi connectivity index (χ1) is 15.3. The minimum atomic E-state index is 1.06. The molecule has 0 atom stereocenters. The Bertz CT molecular complexity index is 860. The van der Waals surface area contributed by atoms with Crippen molar-refractivity contribution in [3.05, 3.63) is 78.0 Å². The van der Waals surface area contributed by atoms with Crippen molar-refractivity contribution in [3.8, 4) is 22.4 Å². The van der Waals surface area contributed by atoms with Gasteiger partial charge in [0.1, 0.15) is 0 Å². The number of aryl methyl sites for hydroxylation is 2. The first-order valence-corrected chi connectivity index (χ1v) is 12.4. The van der Waals surface area contributed by atoms with E-state index in [2.05, 4.69) is 80.7 Å². The molecule has 0 amide bonds. The Balaban J connectivity index is 1.52. The van der Waals surface area contributed by atoms with Gasteiger partial charge < -0.3 is 0 Å². The SMILES string of the molecule is CCCCCCCCc1ccc(-c2ccc(-c3ccc(CCCCC)cc3)cc2)nc1. The van der Waals surface area contributed by atoms with Crippen LogP contribution in [0.15, 0.2) is 66.9 Å². The number of rotatable bonds is 13. The van der Waals surface area contributed by atoms with E-state index in [0.717, 1.165) is 12.1 Å². The zero-order chi connectivity index (χ0) is 21.7. The molecular weight excluding hydrogens is 374 g/mol. The first-order valence-electron chi connectivity index (χ1n) is 12.4. The normalized spacial score (nSPS) is 11.0. The van der Waals surface area contributed by atoms with Crippen LogP contribution < -0.4 is 0 Å². The van der Waals surface area contributed by atoms with Crippen molar-refractivity contribution < 1.29 is 0 Å². The number of nitrogens with zero attached hydrogens (tertiary/aromatic N) is 1. The number of pyridine rings is 1. The van der Waals surface area contributed by atoms with E-state index in [9.17, 15) is 0 Å². The minimum Gasteiger partial charge on any atom is -0.256 e. The van der Waals surface area contributed by atoms with E-state index in [0.29, 0.717) is 0 Å². The number of aromatic nitrogens is 1. The Hall–Kier alpha value is -2.41. The summed E-state index contributed by atoms with van der Waals surface area (Å²) in [5, 5.41) is 0. The summed E-state index contributed by atoms with van der Waals surface area (Å²) in [5.74, 6) is 0. The molecule has 0 radical (unpaired) electrons. The lowest BCUT2D eigenvalue weighted by Crippen LogP contribution is -1.90. The molecule has 3 aromatic rings. The van der Waals surface area contributed by atoms with Gasteiger partial charge in [0.05, 0.1) is 5.69 Å². The van der Waals surface area contributed by atoms with Gasteiger partial charge in [-0.15, -0.1) is 0 Å². The second-order valence-corrected chi connectivity index (χ2v) is 8.80. The molecule has 0 aliphatic heterocycles. The zero-order valence-electron chi connectivity index (χ0n) is 19.6. The predicted molar refractivity (Wildman–Crippen MR) is 135 cm³/mol. The zero-order valence-corrected chi connectivity index (χ0v) is 19.6. The highest BCUT2D eigenvalue weighted by atomic mass is 14.7. The van der Waals surface area contributed by atoms with E-state index >= 15 is 0 Å². The van der Waals surface area contributed by atoms with E-state index in [1.54, 1.807) is 0 Å². The van der Waals surface area contributed by atoms with Gasteiger partial charge in [-0.25, -0.2) is 0 Å². The van der Waals surface area contributed by atoms with Gasteiger partial charge in [-0.1, -0.05) is 113 Å². The fourth-order valence-corrected chi connectivity index (χ4v) is 4.13. The molecule has 0 aliphatic rings. The minimum absolute atomic E-state index is 1.06. The summed E-state index contributed by atoms with van der Waals surface area (Å²) < 4.78 is 0. The van der Waals surface area contributed by atoms with Crippen LogP contribution in [0.2, 0.25) is 0 Å². The Morgan fingerprint density at radius 2 is 0.968 bits per heavy atom. The summed E-state index contributed by atoms with van der Waals surface area (Å²) in [6, 6.07) is 22.3. The summed E-state index contributed by atoms with van der Waals surface area (Å²) in [5.41, 5.74) is 7.60. The van der Waals surface area contributed by atoms with Gasteiger partial charge in [-0.05, 0) is 54.0 Å². The third-order valence-electron chi connectivity index (χ3n) is 6.18. The largest absolute Gasteiger partial charge is 0.256 e. The molecule has 164 valence electrons. The molecule has 2 aromatic carbocycles. The van der Waals surface area contributed by atoms with Crippen LogP contribution in [0.4, 0.5) is 0 Å². The topological polar surface area (TPSA) is 12.9 Å². The van der Waals surface area contributed by atoms with Crippen LogP contribution in [0.25, 0.3) is 22.4 Å². The molecule has 0 spiro atoms. The van der Waals surface area contributed by atoms with Crippen LogP contribution >= 0.6 is 0 Å². The maximum absolute atomic E-state index is 4.73. The fourth-order valence-electron chi connectivity index (χ4n) is 4.13. The highest BCUT2D eigenvalue weighted by Gasteiger charge is 2.03. The quantitative estimate of drug-likeness (QED) is 0.255. The lowest BCUT2D eigenvalue weighted by Gasteiger charge is -2.07. The van der Waals surface area contributed by atoms with Crippen molar-refractivity contribution in [1.82, 2.24) is 4.98 Å². The summed E-state index contributed by atoms with van der Waals surface area (Å²) in [6.45, 7) is 4.53. The van der Waals surface area contributed by atoms with Crippen LogP contribution in [0.5, 0.6) is 0 Å². The molecule has 1 nitrogen and oxygen atoms in total. The lowest BCUT2D eigenvalue weighted by atomic mass is 9.99. The van der Waals surface area contributed by atoms with Gasteiger partial charge in [-0.2, -0.15) is 0 Å². The predicted octanol–water partition coefficient (Wildman–Crippen LogP) is 9.05. The van der Waals surface area contributed by atoms with Gasteiger partial charge in [0.2, 0.25) is 0 Å². The molecular formula is C30H39N. The third kappa shape index (κ3) is 7.65. The first kappa shape index (κ1) is 23.3. The van der Waals surface area contributed by atoms with E-state index in [4.69, 9.17) is 4.98 Å². The summed E-state index contributed by atoms with van der Waals surface area (Å²) >= 11 is 0. The van der Waals surface area contributed by atoms with Gasteiger partial charge >= 0.3 is 0 Å². The van der Waals surface area contributed by atoms with Crippen LogP contribution in [0, 0.1) is 0 Å². The molecule has 0 aliphatic carbocycles. The molecule has 0 unspecified atom stereocenters. The van der Waals surface area contributed by atoms with Crippen molar-refractivity contribution in [1.29, 1.82) is 0 Å². The second kappa shape index (κ2) is 13.1. The Labute approximate surface area is 190 Å². The lowest BCUT2D eigenvalue weighted by molar-refractivity contribution is 0.607. The van der Waals surface area contributed by atoms with Crippen LogP contribution in [0.1, 0.15) is 82.8 Å². The van der Waals surface area contributed by atoms with Crippen molar-refractivity contribution in [2.75, 3.05) is 0 Å². The Kier molecular flexibility index (Phi) is 9.83. The van der Waals surface area contributed by atoms with E-state index in [-0.39, 0.29) is 0 Å². The Morgan fingerprint density at radius 1 is 0.484 bits per heavy atom. The molecule has 1 heterocycles. The van der Waals surface area contributed by atoms with Gasteiger partial charge in [0, 0.05) is 11.8 Å². The van der Waals surface area contributed by atoms with Crippen molar-refractivity contribution >= 4 is 0 Å². The molecule has 31 heavy (non-hydrogen) atoms. The number of benzene rings is 2. The average molecular weight is 414 g/mol. The van der Waals surface area contributed by atoms with Gasteiger partial charge in [0.15, 0.2) is 0 Å². The smallest absolute Gasteiger partial charge is 0.0702 e. The number of hydrogen-bond acceptors (Lipinski definition) is 1. The third-order valence-corrected chi connectivity index (χ3v) is 6.18. The van der Waals surface area contributed by atoms with E-state index < -0.39 is 0 Å².